The maximum atomic E-state index is 10.9. The molecule has 0 fully saturated rings. The van der Waals surface area contributed by atoms with Crippen LogP contribution in [0.1, 0.15) is 15.2 Å². The molecule has 5 heteroatoms. The molecule has 1 aromatic heterocycles. The summed E-state index contributed by atoms with van der Waals surface area (Å²) in [5.41, 5.74) is 8.42. The molecule has 2 aromatic rings. The first kappa shape index (κ1) is 10.6. The average Bonchev–Trinajstić information content (AvgIpc) is 2.80. The second-order valence-corrected chi connectivity index (χ2v) is 4.23. The van der Waals surface area contributed by atoms with Gasteiger partial charge in [-0.1, -0.05) is 0 Å². The lowest BCUT2D eigenvalue weighted by Crippen LogP contribution is -2.10. The van der Waals surface area contributed by atoms with Crippen LogP contribution < -0.4 is 11.1 Å². The molecule has 0 aliphatic carbocycles. The predicted molar refractivity (Wildman–Crippen MR) is 64.4 cm³/mol. The molecule has 0 saturated carbocycles. The summed E-state index contributed by atoms with van der Waals surface area (Å²) in [5.74, 6) is -0.408. The van der Waals surface area contributed by atoms with Gasteiger partial charge in [0.2, 0.25) is 5.91 Å². The van der Waals surface area contributed by atoms with Crippen LogP contribution in [-0.2, 0) is 6.54 Å². The minimum Gasteiger partial charge on any atom is -0.380 e. The van der Waals surface area contributed by atoms with Gasteiger partial charge in [0.15, 0.2) is 0 Å². The first-order valence-corrected chi connectivity index (χ1v) is 5.65. The number of anilines is 1. The lowest BCUT2D eigenvalue weighted by molar-refractivity contribution is 0.100. The zero-order chi connectivity index (χ0) is 11.4. The highest BCUT2D eigenvalue weighted by atomic mass is 32.1. The van der Waals surface area contributed by atoms with Crippen molar-refractivity contribution in [3.63, 3.8) is 0 Å². The monoisotopic (exact) mass is 233 g/mol. The Hall–Kier alpha value is -1.88. The van der Waals surface area contributed by atoms with Crippen molar-refractivity contribution in [1.29, 1.82) is 0 Å². The number of nitrogens with two attached hydrogens (primary N) is 1. The third-order valence-corrected chi connectivity index (χ3v) is 2.90. The number of thiazole rings is 1. The Balaban J connectivity index is 1.98. The molecular weight excluding hydrogens is 222 g/mol. The van der Waals surface area contributed by atoms with Crippen LogP contribution in [0.4, 0.5) is 5.69 Å². The minimum atomic E-state index is -0.408. The molecule has 82 valence electrons. The van der Waals surface area contributed by atoms with Crippen LogP contribution in [0.5, 0.6) is 0 Å². The third-order valence-electron chi connectivity index (χ3n) is 2.12. The summed E-state index contributed by atoms with van der Waals surface area (Å²) >= 11 is 1.60. The van der Waals surface area contributed by atoms with Gasteiger partial charge < -0.3 is 11.1 Å². The summed E-state index contributed by atoms with van der Waals surface area (Å²) in [7, 11) is 0. The first-order chi connectivity index (χ1) is 7.75. The predicted octanol–water partition coefficient (Wildman–Crippen LogP) is 1.85. The molecule has 1 amide bonds. The Bertz CT molecular complexity index is 464. The molecule has 1 aromatic carbocycles. The summed E-state index contributed by atoms with van der Waals surface area (Å²) in [6.07, 6.45) is 1.83. The van der Waals surface area contributed by atoms with E-state index in [1.807, 2.05) is 18.3 Å². The number of primary amides is 1. The number of nitrogens with zero attached hydrogens (tertiary/aromatic N) is 1. The van der Waals surface area contributed by atoms with E-state index in [2.05, 4.69) is 10.3 Å². The fraction of sp³-hybridized carbons (Fsp3) is 0.0909. The summed E-state index contributed by atoms with van der Waals surface area (Å²) in [4.78, 5) is 16.0. The maximum absolute atomic E-state index is 10.9. The van der Waals surface area contributed by atoms with Crippen LogP contribution >= 0.6 is 11.3 Å². The summed E-state index contributed by atoms with van der Waals surface area (Å²) in [6.45, 7) is 0.737. The van der Waals surface area contributed by atoms with Gasteiger partial charge in [-0.25, -0.2) is 0 Å². The number of aromatic nitrogens is 1. The molecule has 0 aliphatic heterocycles. The Morgan fingerprint density at radius 3 is 2.69 bits per heavy atom. The van der Waals surface area contributed by atoms with Crippen LogP contribution in [0, 0.1) is 0 Å². The zero-order valence-electron chi connectivity index (χ0n) is 8.51. The molecule has 0 unspecified atom stereocenters. The Kier molecular flexibility index (Phi) is 3.16. The molecule has 0 saturated heterocycles. The van der Waals surface area contributed by atoms with Crippen LogP contribution in [0.3, 0.4) is 0 Å². The van der Waals surface area contributed by atoms with Gasteiger partial charge in [-0.3, -0.25) is 9.78 Å². The van der Waals surface area contributed by atoms with Gasteiger partial charge in [0.05, 0.1) is 12.1 Å². The quantitative estimate of drug-likeness (QED) is 0.846. The number of rotatable bonds is 4. The highest BCUT2D eigenvalue weighted by Crippen LogP contribution is 2.12. The van der Waals surface area contributed by atoms with Crippen molar-refractivity contribution < 1.29 is 4.79 Å². The molecule has 16 heavy (non-hydrogen) atoms. The van der Waals surface area contributed by atoms with Crippen molar-refractivity contribution in [2.24, 2.45) is 5.73 Å². The second-order valence-electron chi connectivity index (χ2n) is 3.26. The molecule has 3 N–H and O–H groups in total. The fourth-order valence-corrected chi connectivity index (χ4v) is 1.81. The lowest BCUT2D eigenvalue weighted by Gasteiger charge is -2.04. The van der Waals surface area contributed by atoms with E-state index < -0.39 is 5.91 Å². The summed E-state index contributed by atoms with van der Waals surface area (Å²) < 4.78 is 0. The largest absolute Gasteiger partial charge is 0.380 e. The van der Waals surface area contributed by atoms with Crippen molar-refractivity contribution in [3.05, 3.63) is 46.4 Å². The molecule has 0 bridgehead atoms. The molecule has 0 aliphatic rings. The number of hydrogen-bond donors (Lipinski definition) is 2. The molecular formula is C11H11N3OS. The smallest absolute Gasteiger partial charge is 0.248 e. The van der Waals surface area contributed by atoms with E-state index in [0.717, 1.165) is 12.2 Å². The van der Waals surface area contributed by atoms with Crippen molar-refractivity contribution in [3.8, 4) is 0 Å². The standard InChI is InChI=1S/C11H11N3OS/c12-11(15)8-1-3-9(4-2-8)14-6-10-5-13-7-16-10/h1-5,7,14H,6H2,(H2,12,15). The minimum absolute atomic E-state index is 0.408. The fourth-order valence-electron chi connectivity index (χ4n) is 1.27. The van der Waals surface area contributed by atoms with Crippen LogP contribution in [-0.4, -0.2) is 10.9 Å². The molecule has 4 nitrogen and oxygen atoms in total. The van der Waals surface area contributed by atoms with E-state index in [4.69, 9.17) is 5.73 Å². The van der Waals surface area contributed by atoms with Crippen LogP contribution in [0.2, 0.25) is 0 Å². The van der Waals surface area contributed by atoms with Gasteiger partial charge in [-0.2, -0.15) is 0 Å². The van der Waals surface area contributed by atoms with Gasteiger partial charge in [-0.05, 0) is 24.3 Å². The highest BCUT2D eigenvalue weighted by Gasteiger charge is 1.99. The van der Waals surface area contributed by atoms with Crippen molar-refractivity contribution in [2.45, 2.75) is 6.54 Å². The van der Waals surface area contributed by atoms with E-state index in [9.17, 15) is 4.79 Å². The zero-order valence-corrected chi connectivity index (χ0v) is 9.33. The SMILES string of the molecule is NC(=O)c1ccc(NCc2cncs2)cc1. The Labute approximate surface area is 97.1 Å². The number of hydrogen-bond acceptors (Lipinski definition) is 4. The van der Waals surface area contributed by atoms with E-state index >= 15 is 0 Å². The molecule has 0 atom stereocenters. The van der Waals surface area contributed by atoms with Crippen LogP contribution in [0.15, 0.2) is 36.0 Å². The summed E-state index contributed by atoms with van der Waals surface area (Å²) in [6, 6.07) is 7.08. The number of amides is 1. The normalized spacial score (nSPS) is 10.0. The van der Waals surface area contributed by atoms with Crippen LogP contribution in [0.25, 0.3) is 0 Å². The van der Waals surface area contributed by atoms with Crippen molar-refractivity contribution >= 4 is 22.9 Å². The van der Waals surface area contributed by atoms with Gasteiger partial charge in [0.25, 0.3) is 0 Å². The number of carbonyl (C=O) groups is 1. The van der Waals surface area contributed by atoms with Gasteiger partial charge >= 0.3 is 0 Å². The van der Waals surface area contributed by atoms with E-state index in [-0.39, 0.29) is 0 Å². The molecule has 1 heterocycles. The van der Waals surface area contributed by atoms with Crippen molar-refractivity contribution in [1.82, 2.24) is 4.98 Å². The van der Waals surface area contributed by atoms with E-state index in [1.54, 1.807) is 29.0 Å². The average molecular weight is 233 g/mol. The van der Waals surface area contributed by atoms with Gasteiger partial charge in [0, 0.05) is 22.3 Å². The second kappa shape index (κ2) is 4.76. The Morgan fingerprint density at radius 1 is 1.38 bits per heavy atom. The molecule has 0 spiro atoms. The maximum Gasteiger partial charge on any atom is 0.248 e. The number of carbonyl (C=O) groups excluding carboxylic acids is 1. The van der Waals surface area contributed by atoms with Gasteiger partial charge in [-0.15, -0.1) is 11.3 Å². The number of benzene rings is 1. The van der Waals surface area contributed by atoms with E-state index in [1.165, 1.54) is 4.88 Å². The van der Waals surface area contributed by atoms with Gasteiger partial charge in [0.1, 0.15) is 0 Å². The molecule has 0 radical (unpaired) electrons. The Morgan fingerprint density at radius 2 is 2.12 bits per heavy atom. The van der Waals surface area contributed by atoms with E-state index in [0.29, 0.717) is 5.56 Å². The van der Waals surface area contributed by atoms with Crippen molar-refractivity contribution in [2.75, 3.05) is 5.32 Å². The first-order valence-electron chi connectivity index (χ1n) is 4.77. The summed E-state index contributed by atoms with van der Waals surface area (Å²) in [5, 5.41) is 3.23. The number of nitrogens with one attached hydrogen (secondary N) is 1. The third kappa shape index (κ3) is 2.58. The lowest BCUT2D eigenvalue weighted by atomic mass is 10.2. The highest BCUT2D eigenvalue weighted by molar-refractivity contribution is 7.09. The molecule has 2 rings (SSSR count). The topological polar surface area (TPSA) is 68.0 Å².